The number of hydrogen-bond acceptors (Lipinski definition) is 4. The third-order valence-electron chi connectivity index (χ3n) is 2.43. The number of amides is 1. The van der Waals surface area contributed by atoms with Gasteiger partial charge in [0.25, 0.3) is 0 Å². The molecule has 0 aliphatic heterocycles. The molecule has 0 radical (unpaired) electrons. The third-order valence-corrected chi connectivity index (χ3v) is 4.50. The molecule has 0 saturated carbocycles. The first-order valence-corrected chi connectivity index (χ1v) is 7.19. The van der Waals surface area contributed by atoms with E-state index in [1.807, 2.05) is 6.92 Å². The highest BCUT2D eigenvalue weighted by Gasteiger charge is 2.32. The van der Waals surface area contributed by atoms with E-state index in [4.69, 9.17) is 5.11 Å². The minimum atomic E-state index is -3.94. The number of carbonyl (C=O) groups excluding carboxylic acids is 1. The van der Waals surface area contributed by atoms with Gasteiger partial charge in [0.15, 0.2) is 15.1 Å². The Labute approximate surface area is 101 Å². The average molecular weight is 265 g/mol. The summed E-state index contributed by atoms with van der Waals surface area (Å²) in [5.74, 6) is -2.84. The van der Waals surface area contributed by atoms with E-state index in [9.17, 15) is 18.0 Å². The molecule has 0 fully saturated rings. The Morgan fingerprint density at radius 1 is 1.24 bits per heavy atom. The smallest absolute Gasteiger partial charge is 0.321 e. The molecule has 2 unspecified atom stereocenters. The summed E-state index contributed by atoms with van der Waals surface area (Å²) >= 11 is 0. The van der Waals surface area contributed by atoms with Gasteiger partial charge in [-0.25, -0.2) is 8.42 Å². The number of carbonyl (C=O) groups is 2. The fraction of sp³-hybridized carbons (Fsp3) is 0.800. The van der Waals surface area contributed by atoms with E-state index < -0.39 is 32.7 Å². The van der Waals surface area contributed by atoms with E-state index in [-0.39, 0.29) is 12.5 Å². The molecule has 2 atom stereocenters. The van der Waals surface area contributed by atoms with Gasteiger partial charge >= 0.3 is 5.97 Å². The van der Waals surface area contributed by atoms with Gasteiger partial charge in [0, 0.05) is 6.04 Å². The minimum absolute atomic E-state index is 0.0473. The molecule has 0 aromatic carbocycles. The Morgan fingerprint density at radius 2 is 1.76 bits per heavy atom. The molecule has 1 amide bonds. The van der Waals surface area contributed by atoms with E-state index in [0.29, 0.717) is 6.42 Å². The van der Waals surface area contributed by atoms with E-state index >= 15 is 0 Å². The monoisotopic (exact) mass is 265 g/mol. The molecule has 100 valence electrons. The molecule has 0 spiro atoms. The standard InChI is InChI=1S/C10H19NO5S/c1-4-7(3)11-9(12)6-17(15,16)8(5-2)10(13)14/h7-8H,4-6H2,1-3H3,(H,11,12)(H,13,14). The van der Waals surface area contributed by atoms with Crippen molar-refractivity contribution >= 4 is 21.7 Å². The average Bonchev–Trinajstić information content (AvgIpc) is 2.15. The first-order chi connectivity index (χ1) is 7.74. The molecule has 7 heteroatoms. The fourth-order valence-corrected chi connectivity index (χ4v) is 2.75. The second kappa shape index (κ2) is 6.58. The van der Waals surface area contributed by atoms with E-state index in [2.05, 4.69) is 5.32 Å². The summed E-state index contributed by atoms with van der Waals surface area (Å²) in [6.07, 6.45) is 0.635. The molecular formula is C10H19NO5S. The zero-order chi connectivity index (χ0) is 13.6. The van der Waals surface area contributed by atoms with Crippen LogP contribution in [-0.4, -0.2) is 42.4 Å². The van der Waals surface area contributed by atoms with Gasteiger partial charge in [0.1, 0.15) is 5.75 Å². The van der Waals surface area contributed by atoms with Crippen molar-refractivity contribution in [3.8, 4) is 0 Å². The van der Waals surface area contributed by atoms with Crippen LogP contribution in [0.25, 0.3) is 0 Å². The lowest BCUT2D eigenvalue weighted by molar-refractivity contribution is -0.136. The van der Waals surface area contributed by atoms with Crippen LogP contribution in [0.15, 0.2) is 0 Å². The summed E-state index contributed by atoms with van der Waals surface area (Å²) in [5, 5.41) is 9.72. The van der Waals surface area contributed by atoms with Crippen molar-refractivity contribution in [1.29, 1.82) is 0 Å². The number of carboxylic acid groups (broad SMARTS) is 1. The van der Waals surface area contributed by atoms with Crippen LogP contribution in [-0.2, 0) is 19.4 Å². The van der Waals surface area contributed by atoms with Crippen molar-refractivity contribution < 1.29 is 23.1 Å². The summed E-state index contributed by atoms with van der Waals surface area (Å²) in [4.78, 5) is 22.1. The summed E-state index contributed by atoms with van der Waals surface area (Å²) in [7, 11) is -3.94. The highest BCUT2D eigenvalue weighted by molar-refractivity contribution is 7.93. The maximum atomic E-state index is 11.6. The van der Waals surface area contributed by atoms with E-state index in [1.54, 1.807) is 6.92 Å². The van der Waals surface area contributed by atoms with Gasteiger partial charge in [-0.3, -0.25) is 9.59 Å². The van der Waals surface area contributed by atoms with Crippen LogP contribution in [0.1, 0.15) is 33.6 Å². The van der Waals surface area contributed by atoms with Gasteiger partial charge in [-0.2, -0.15) is 0 Å². The van der Waals surface area contributed by atoms with Crippen LogP contribution in [0.3, 0.4) is 0 Å². The van der Waals surface area contributed by atoms with E-state index in [1.165, 1.54) is 6.92 Å². The number of aliphatic carboxylic acids is 1. The van der Waals surface area contributed by atoms with Crippen molar-refractivity contribution in [3.63, 3.8) is 0 Å². The molecule has 6 nitrogen and oxygen atoms in total. The lowest BCUT2D eigenvalue weighted by Gasteiger charge is -2.14. The molecule has 17 heavy (non-hydrogen) atoms. The van der Waals surface area contributed by atoms with Gasteiger partial charge in [-0.15, -0.1) is 0 Å². The van der Waals surface area contributed by atoms with Crippen molar-refractivity contribution in [3.05, 3.63) is 0 Å². The van der Waals surface area contributed by atoms with Crippen molar-refractivity contribution in [2.75, 3.05) is 5.75 Å². The van der Waals surface area contributed by atoms with Gasteiger partial charge in [-0.05, 0) is 19.8 Å². The maximum absolute atomic E-state index is 11.6. The van der Waals surface area contributed by atoms with Crippen LogP contribution in [0.4, 0.5) is 0 Å². The second-order valence-corrected chi connectivity index (χ2v) is 6.10. The first-order valence-electron chi connectivity index (χ1n) is 5.48. The zero-order valence-electron chi connectivity index (χ0n) is 10.3. The summed E-state index contributed by atoms with van der Waals surface area (Å²) in [6, 6.07) is -0.123. The highest BCUT2D eigenvalue weighted by atomic mass is 32.2. The zero-order valence-corrected chi connectivity index (χ0v) is 11.1. The second-order valence-electron chi connectivity index (χ2n) is 3.92. The number of rotatable bonds is 7. The van der Waals surface area contributed by atoms with E-state index in [0.717, 1.165) is 0 Å². The first kappa shape index (κ1) is 15.9. The maximum Gasteiger partial charge on any atom is 0.321 e. The van der Waals surface area contributed by atoms with Gasteiger partial charge in [0.05, 0.1) is 0 Å². The topological polar surface area (TPSA) is 101 Å². The minimum Gasteiger partial charge on any atom is -0.480 e. The molecule has 0 aliphatic rings. The van der Waals surface area contributed by atoms with Crippen molar-refractivity contribution in [1.82, 2.24) is 5.32 Å². The molecule has 0 saturated heterocycles. The molecule has 0 aliphatic carbocycles. The number of carboxylic acids is 1. The summed E-state index contributed by atoms with van der Waals surface area (Å²) in [5.41, 5.74) is 0. The molecule has 0 heterocycles. The SMILES string of the molecule is CCC(C)NC(=O)CS(=O)(=O)C(CC)C(=O)O. The van der Waals surface area contributed by atoms with Crippen LogP contribution >= 0.6 is 0 Å². The molecule has 0 bridgehead atoms. The van der Waals surface area contributed by atoms with Crippen LogP contribution in [0.2, 0.25) is 0 Å². The van der Waals surface area contributed by atoms with Crippen molar-refractivity contribution in [2.24, 2.45) is 0 Å². The quantitative estimate of drug-likeness (QED) is 0.684. The molecule has 0 aromatic heterocycles. The van der Waals surface area contributed by atoms with Gasteiger partial charge < -0.3 is 10.4 Å². The van der Waals surface area contributed by atoms with Gasteiger partial charge in [0.2, 0.25) is 5.91 Å². The Morgan fingerprint density at radius 3 is 2.12 bits per heavy atom. The Kier molecular flexibility index (Phi) is 6.15. The lowest BCUT2D eigenvalue weighted by atomic mass is 10.3. The molecule has 0 aromatic rings. The highest BCUT2D eigenvalue weighted by Crippen LogP contribution is 2.07. The predicted octanol–water partition coefficient (Wildman–Crippen LogP) is 0.179. The number of nitrogens with one attached hydrogen (secondary N) is 1. The van der Waals surface area contributed by atoms with Crippen LogP contribution in [0.5, 0.6) is 0 Å². The Bertz CT molecular complexity index is 376. The number of sulfone groups is 1. The van der Waals surface area contributed by atoms with Crippen LogP contribution < -0.4 is 5.32 Å². The third kappa shape index (κ3) is 5.16. The summed E-state index contributed by atoms with van der Waals surface area (Å²) < 4.78 is 23.3. The van der Waals surface area contributed by atoms with Gasteiger partial charge in [-0.1, -0.05) is 13.8 Å². The van der Waals surface area contributed by atoms with Crippen LogP contribution in [0, 0.1) is 0 Å². The summed E-state index contributed by atoms with van der Waals surface area (Å²) in [6.45, 7) is 5.06. The predicted molar refractivity (Wildman–Crippen MR) is 63.4 cm³/mol. The lowest BCUT2D eigenvalue weighted by Crippen LogP contribution is -2.41. The molecule has 0 rings (SSSR count). The normalized spacial score (nSPS) is 15.0. The fourth-order valence-electron chi connectivity index (χ4n) is 1.28. The number of hydrogen-bond donors (Lipinski definition) is 2. The Balaban J connectivity index is 4.65. The molecule has 2 N–H and O–H groups in total. The Hall–Kier alpha value is -1.11. The largest absolute Gasteiger partial charge is 0.480 e. The van der Waals surface area contributed by atoms with Crippen molar-refractivity contribution in [2.45, 2.75) is 44.9 Å². The molecular weight excluding hydrogens is 246 g/mol.